The third-order valence-corrected chi connectivity index (χ3v) is 9.05. The molecule has 1 N–H and O–H groups in total. The monoisotopic (exact) mass is 571 g/mol. The molecule has 10 heteroatoms. The Labute approximate surface area is 237 Å². The Bertz CT molecular complexity index is 2030. The fourth-order valence-electron chi connectivity index (χ4n) is 6.11. The number of nitrogens with zero attached hydrogens (tertiary/aromatic N) is 4. The van der Waals surface area contributed by atoms with Crippen molar-refractivity contribution in [1.82, 2.24) is 19.4 Å². The zero-order valence-corrected chi connectivity index (χ0v) is 23.8. The van der Waals surface area contributed by atoms with Crippen LogP contribution in [0.4, 0.5) is 3.89 Å². The van der Waals surface area contributed by atoms with E-state index in [0.29, 0.717) is 34.0 Å². The Balaban J connectivity index is 1.72. The lowest BCUT2D eigenvalue weighted by atomic mass is 9.93. The van der Waals surface area contributed by atoms with Gasteiger partial charge < -0.3 is 14.5 Å². The van der Waals surface area contributed by atoms with Gasteiger partial charge in [0.25, 0.3) is 0 Å². The first kappa shape index (κ1) is 27.1. The number of nitrogens with one attached hydrogen (secondary N) is 1. The van der Waals surface area contributed by atoms with Gasteiger partial charge >= 0.3 is 10.2 Å². The minimum atomic E-state index is -4.94. The summed E-state index contributed by atoms with van der Waals surface area (Å²) in [4.78, 5) is 23.5. The number of halogens is 1. The maximum Gasteiger partial charge on any atom is 0.333 e. The minimum absolute atomic E-state index is 0.0994. The van der Waals surface area contributed by atoms with Crippen LogP contribution in [0.3, 0.4) is 0 Å². The molecule has 1 saturated heterocycles. The second kappa shape index (κ2) is 10.4. The van der Waals surface area contributed by atoms with Gasteiger partial charge in [-0.15, -0.1) is 3.89 Å². The van der Waals surface area contributed by atoms with Crippen LogP contribution < -0.4 is 5.43 Å². The number of benzene rings is 2. The van der Waals surface area contributed by atoms with Gasteiger partial charge in [-0.3, -0.25) is 9.78 Å². The highest BCUT2D eigenvalue weighted by Gasteiger charge is 2.26. The second-order valence-corrected chi connectivity index (χ2v) is 12.3. The molecule has 210 valence electrons. The standard InChI is InChI=1S/C31H30FN5O3S/c1-3-4-5-20-14-26-28(15-25(20)21-13-23(18-34-17-21)41(32,39)40)37(22-8-10-36(2)11-9-22)31-29(30(26)38)24-7-6-19(16-33)12-27(24)35-31/h6-7,12-15,17-18,22,35H,3-5,8-11H2,1-2H3. The van der Waals surface area contributed by atoms with Crippen molar-refractivity contribution >= 4 is 43.1 Å². The highest BCUT2D eigenvalue weighted by Crippen LogP contribution is 2.37. The molecule has 8 nitrogen and oxygen atoms in total. The third kappa shape index (κ3) is 4.79. The van der Waals surface area contributed by atoms with Gasteiger partial charge in [0.2, 0.25) is 0 Å². The molecule has 1 aliphatic rings. The van der Waals surface area contributed by atoms with Crippen molar-refractivity contribution < 1.29 is 12.3 Å². The second-order valence-electron chi connectivity index (χ2n) is 10.9. The Morgan fingerprint density at radius 3 is 2.61 bits per heavy atom. The van der Waals surface area contributed by atoms with E-state index >= 15 is 0 Å². The highest BCUT2D eigenvalue weighted by molar-refractivity contribution is 7.86. The average molecular weight is 572 g/mol. The molecule has 2 aromatic carbocycles. The van der Waals surface area contributed by atoms with Crippen LogP contribution in [-0.2, 0) is 16.6 Å². The van der Waals surface area contributed by atoms with Crippen molar-refractivity contribution in [1.29, 1.82) is 5.26 Å². The molecular formula is C31H30FN5O3S. The number of aryl methyl sites for hydroxylation is 1. The molecule has 1 aliphatic heterocycles. The number of aromatic nitrogens is 3. The predicted octanol–water partition coefficient (Wildman–Crippen LogP) is 5.84. The topological polar surface area (TPSA) is 112 Å². The minimum Gasteiger partial charge on any atom is -0.340 e. The van der Waals surface area contributed by atoms with Crippen LogP contribution in [0.25, 0.3) is 44.0 Å². The van der Waals surface area contributed by atoms with Crippen LogP contribution in [0.1, 0.15) is 49.8 Å². The maximum absolute atomic E-state index is 14.2. The molecule has 0 saturated carbocycles. The molecule has 0 amide bonds. The average Bonchev–Trinajstić information content (AvgIpc) is 3.35. The van der Waals surface area contributed by atoms with Gasteiger partial charge in [-0.2, -0.15) is 13.7 Å². The molecule has 0 radical (unpaired) electrons. The summed E-state index contributed by atoms with van der Waals surface area (Å²) in [6.07, 6.45) is 6.76. The summed E-state index contributed by atoms with van der Waals surface area (Å²) in [5.74, 6) is 0. The summed E-state index contributed by atoms with van der Waals surface area (Å²) in [5.41, 5.74) is 4.66. The quantitative estimate of drug-likeness (QED) is 0.257. The lowest BCUT2D eigenvalue weighted by Crippen LogP contribution is -2.32. The van der Waals surface area contributed by atoms with Crippen molar-refractivity contribution in [2.75, 3.05) is 20.1 Å². The van der Waals surface area contributed by atoms with Gasteiger partial charge in [0.05, 0.1) is 22.5 Å². The number of hydrogen-bond acceptors (Lipinski definition) is 6. The van der Waals surface area contributed by atoms with Crippen molar-refractivity contribution in [2.45, 2.75) is 50.0 Å². The molecule has 5 aromatic rings. The number of rotatable bonds is 6. The van der Waals surface area contributed by atoms with E-state index in [4.69, 9.17) is 0 Å². The number of aromatic amines is 1. The molecule has 41 heavy (non-hydrogen) atoms. The first-order valence-corrected chi connectivity index (χ1v) is 15.2. The van der Waals surface area contributed by atoms with E-state index in [1.165, 1.54) is 12.3 Å². The van der Waals surface area contributed by atoms with Gasteiger partial charge in [0.1, 0.15) is 10.5 Å². The number of H-pyrrole nitrogens is 1. The Morgan fingerprint density at radius 2 is 1.90 bits per heavy atom. The first-order chi connectivity index (χ1) is 19.7. The van der Waals surface area contributed by atoms with Crippen LogP contribution in [-0.4, -0.2) is 48.0 Å². The Kier molecular flexibility index (Phi) is 6.88. The Hall–Kier alpha value is -4.07. The van der Waals surface area contributed by atoms with E-state index in [2.05, 4.69) is 39.5 Å². The van der Waals surface area contributed by atoms with Gasteiger partial charge in [0, 0.05) is 40.3 Å². The number of unbranched alkanes of at least 4 members (excludes halogenated alkanes) is 1. The molecule has 0 atom stereocenters. The van der Waals surface area contributed by atoms with E-state index in [0.717, 1.165) is 72.5 Å². The fraction of sp³-hybridized carbons (Fsp3) is 0.323. The smallest absolute Gasteiger partial charge is 0.333 e. The first-order valence-electron chi connectivity index (χ1n) is 13.8. The highest BCUT2D eigenvalue weighted by atomic mass is 32.3. The molecule has 3 aromatic heterocycles. The van der Waals surface area contributed by atoms with E-state index in [-0.39, 0.29) is 11.5 Å². The van der Waals surface area contributed by atoms with Crippen molar-refractivity contribution in [2.24, 2.45) is 0 Å². The molecule has 4 heterocycles. The van der Waals surface area contributed by atoms with Gasteiger partial charge in [-0.25, -0.2) is 0 Å². The maximum atomic E-state index is 14.2. The van der Waals surface area contributed by atoms with Crippen LogP contribution in [0.15, 0.2) is 58.5 Å². The van der Waals surface area contributed by atoms with Crippen LogP contribution in [0, 0.1) is 11.3 Å². The van der Waals surface area contributed by atoms with E-state index in [1.54, 1.807) is 12.1 Å². The lowest BCUT2D eigenvalue weighted by Gasteiger charge is -2.32. The number of hydrogen-bond donors (Lipinski definition) is 1. The fourth-order valence-corrected chi connectivity index (χ4v) is 6.56. The van der Waals surface area contributed by atoms with Crippen LogP contribution in [0.2, 0.25) is 0 Å². The molecular weight excluding hydrogens is 541 g/mol. The van der Waals surface area contributed by atoms with Gasteiger partial charge in [-0.05, 0) is 87.3 Å². The van der Waals surface area contributed by atoms with E-state index < -0.39 is 15.1 Å². The van der Waals surface area contributed by atoms with E-state index in [9.17, 15) is 22.4 Å². The SMILES string of the molecule is CCCCc1cc2c(=O)c3c4ccc(C#N)cc4[nH]c3n(C3CCN(C)CC3)c2cc1-c1cncc(S(=O)(=O)F)c1. The molecule has 0 unspecified atom stereocenters. The zero-order chi connectivity index (χ0) is 28.9. The molecule has 6 rings (SSSR count). The summed E-state index contributed by atoms with van der Waals surface area (Å²) in [6, 6.07) is 12.8. The summed E-state index contributed by atoms with van der Waals surface area (Å²) in [6.45, 7) is 3.89. The van der Waals surface area contributed by atoms with Crippen molar-refractivity contribution in [3.05, 3.63) is 70.1 Å². The van der Waals surface area contributed by atoms with Crippen LogP contribution in [0.5, 0.6) is 0 Å². The number of pyridine rings is 2. The van der Waals surface area contributed by atoms with Gasteiger partial charge in [-0.1, -0.05) is 19.4 Å². The zero-order valence-electron chi connectivity index (χ0n) is 22.9. The lowest BCUT2D eigenvalue weighted by molar-refractivity contribution is 0.226. The van der Waals surface area contributed by atoms with Gasteiger partial charge in [0.15, 0.2) is 5.43 Å². The number of piperidine rings is 1. The third-order valence-electron chi connectivity index (χ3n) is 8.26. The predicted molar refractivity (Wildman–Crippen MR) is 158 cm³/mol. The summed E-state index contributed by atoms with van der Waals surface area (Å²) >= 11 is 0. The van der Waals surface area contributed by atoms with Crippen LogP contribution >= 0.6 is 0 Å². The summed E-state index contributed by atoms with van der Waals surface area (Å²) in [7, 11) is -2.85. The van der Waals surface area contributed by atoms with Crippen molar-refractivity contribution in [3.63, 3.8) is 0 Å². The number of likely N-dealkylation sites (tertiary alicyclic amines) is 1. The molecule has 1 fully saturated rings. The largest absolute Gasteiger partial charge is 0.340 e. The summed E-state index contributed by atoms with van der Waals surface area (Å²) < 4.78 is 39.6. The molecule has 0 bridgehead atoms. The normalized spacial score (nSPS) is 15.2. The molecule has 0 spiro atoms. The summed E-state index contributed by atoms with van der Waals surface area (Å²) in [5, 5.41) is 11.4. The van der Waals surface area contributed by atoms with Crippen molar-refractivity contribution in [3.8, 4) is 17.2 Å². The number of nitriles is 1. The molecule has 0 aliphatic carbocycles. The number of fused-ring (bicyclic) bond motifs is 4. The van der Waals surface area contributed by atoms with E-state index in [1.807, 2.05) is 18.2 Å². The Morgan fingerprint density at radius 1 is 1.12 bits per heavy atom.